The Morgan fingerprint density at radius 3 is 2.42 bits per heavy atom. The molecule has 1 aliphatic rings. The summed E-state index contributed by atoms with van der Waals surface area (Å²) in [6.07, 6.45) is -6.46. The predicted octanol–water partition coefficient (Wildman–Crippen LogP) is 5.15. The van der Waals surface area contributed by atoms with E-state index in [1.807, 2.05) is 41.3 Å². The lowest BCUT2D eigenvalue weighted by Gasteiger charge is -2.42. The summed E-state index contributed by atoms with van der Waals surface area (Å²) in [5, 5.41) is 9.29. The molecule has 0 bridgehead atoms. The lowest BCUT2D eigenvalue weighted by atomic mass is 9.90. The number of nitriles is 1. The van der Waals surface area contributed by atoms with Crippen LogP contribution in [0.4, 0.5) is 18.9 Å². The fraction of sp³-hybridized carbons (Fsp3) is 0.316. The lowest BCUT2D eigenvalue weighted by Crippen LogP contribution is -2.45. The molecule has 0 N–H and O–H groups in total. The van der Waals surface area contributed by atoms with Crippen LogP contribution in [0.1, 0.15) is 24.0 Å². The first kappa shape index (κ1) is 18.4. The molecule has 2 aromatic carbocycles. The van der Waals surface area contributed by atoms with Gasteiger partial charge >= 0.3 is 6.18 Å². The first-order valence-electron chi connectivity index (χ1n) is 8.07. The van der Waals surface area contributed by atoms with E-state index in [4.69, 9.17) is 16.3 Å². The number of benzene rings is 2. The van der Waals surface area contributed by atoms with Crippen LogP contribution < -0.4 is 9.64 Å². The maximum atomic E-state index is 12.9. The molecule has 0 spiro atoms. The van der Waals surface area contributed by atoms with Crippen LogP contribution in [0, 0.1) is 11.3 Å². The monoisotopic (exact) mass is 380 g/mol. The largest absolute Gasteiger partial charge is 0.479 e. The molecule has 0 radical (unpaired) electrons. The molecule has 0 unspecified atom stereocenters. The van der Waals surface area contributed by atoms with Crippen molar-refractivity contribution in [2.45, 2.75) is 25.1 Å². The van der Waals surface area contributed by atoms with Crippen LogP contribution in [0.3, 0.4) is 0 Å². The van der Waals surface area contributed by atoms with Gasteiger partial charge in [0, 0.05) is 19.0 Å². The quantitative estimate of drug-likeness (QED) is 0.736. The number of halogens is 4. The number of hydrogen-bond acceptors (Lipinski definition) is 3. The van der Waals surface area contributed by atoms with Crippen molar-refractivity contribution in [2.24, 2.45) is 0 Å². The maximum Gasteiger partial charge on any atom is 0.425 e. The fourth-order valence-electron chi connectivity index (χ4n) is 2.88. The van der Waals surface area contributed by atoms with Gasteiger partial charge in [0.25, 0.3) is 0 Å². The standard InChI is InChI=1S/C19H16ClF3N2O/c1-12(19(21,22)23)26-16-8-7-14(9-24)17(20)18(16)25-10-15(11-25)13-5-3-2-4-6-13/h2-8,12,15H,10-11H2,1H3/t12-/m0/s1. The van der Waals surface area contributed by atoms with Crippen molar-refractivity contribution in [1.82, 2.24) is 0 Å². The van der Waals surface area contributed by atoms with Crippen molar-refractivity contribution in [3.63, 3.8) is 0 Å². The molecule has 1 fully saturated rings. The molecular weight excluding hydrogens is 365 g/mol. The van der Waals surface area contributed by atoms with E-state index in [1.165, 1.54) is 12.1 Å². The van der Waals surface area contributed by atoms with Crippen LogP contribution in [0.25, 0.3) is 0 Å². The molecule has 26 heavy (non-hydrogen) atoms. The first-order chi connectivity index (χ1) is 12.3. The van der Waals surface area contributed by atoms with Gasteiger partial charge < -0.3 is 9.64 Å². The number of rotatable bonds is 4. The zero-order valence-corrected chi connectivity index (χ0v) is 14.7. The maximum absolute atomic E-state index is 12.9. The van der Waals surface area contributed by atoms with Crippen LogP contribution in [0.5, 0.6) is 5.75 Å². The number of hydrogen-bond donors (Lipinski definition) is 0. The Bertz CT molecular complexity index is 827. The van der Waals surface area contributed by atoms with Gasteiger partial charge in [0.2, 0.25) is 0 Å². The fourth-order valence-corrected chi connectivity index (χ4v) is 3.20. The second-order valence-electron chi connectivity index (χ2n) is 6.20. The third-order valence-electron chi connectivity index (χ3n) is 4.43. The smallest absolute Gasteiger partial charge is 0.425 e. The number of anilines is 1. The van der Waals surface area contributed by atoms with Gasteiger partial charge in [-0.1, -0.05) is 41.9 Å². The Morgan fingerprint density at radius 1 is 1.19 bits per heavy atom. The summed E-state index contributed by atoms with van der Waals surface area (Å²) in [4.78, 5) is 1.85. The molecule has 3 nitrogen and oxygen atoms in total. The van der Waals surface area contributed by atoms with E-state index in [9.17, 15) is 18.4 Å². The zero-order valence-electron chi connectivity index (χ0n) is 13.9. The SMILES string of the molecule is C[C@H](Oc1ccc(C#N)c(Cl)c1N1CC(c2ccccc2)C1)C(F)(F)F. The summed E-state index contributed by atoms with van der Waals surface area (Å²) < 4.78 is 43.7. The minimum absolute atomic E-state index is 0.0327. The van der Waals surface area contributed by atoms with E-state index in [0.717, 1.165) is 12.5 Å². The highest BCUT2D eigenvalue weighted by Gasteiger charge is 2.39. The summed E-state index contributed by atoms with van der Waals surface area (Å²) >= 11 is 6.29. The zero-order chi connectivity index (χ0) is 18.9. The predicted molar refractivity (Wildman–Crippen MR) is 93.7 cm³/mol. The third-order valence-corrected chi connectivity index (χ3v) is 4.82. The van der Waals surface area contributed by atoms with Crippen molar-refractivity contribution >= 4 is 17.3 Å². The van der Waals surface area contributed by atoms with E-state index < -0.39 is 12.3 Å². The Kier molecular flexibility index (Phi) is 5.01. The van der Waals surface area contributed by atoms with Crippen LogP contribution >= 0.6 is 11.6 Å². The van der Waals surface area contributed by atoms with Crippen LogP contribution in [-0.2, 0) is 0 Å². The van der Waals surface area contributed by atoms with E-state index >= 15 is 0 Å². The summed E-state index contributed by atoms with van der Waals surface area (Å²) in [6, 6.07) is 14.5. The minimum atomic E-state index is -4.49. The summed E-state index contributed by atoms with van der Waals surface area (Å²) in [5.41, 5.74) is 1.70. The van der Waals surface area contributed by atoms with Gasteiger partial charge in [0.15, 0.2) is 6.10 Å². The molecule has 0 aliphatic carbocycles. The first-order valence-corrected chi connectivity index (χ1v) is 8.45. The van der Waals surface area contributed by atoms with E-state index in [0.29, 0.717) is 18.8 Å². The second-order valence-corrected chi connectivity index (χ2v) is 6.58. The van der Waals surface area contributed by atoms with Crippen molar-refractivity contribution in [1.29, 1.82) is 5.26 Å². The Hall–Kier alpha value is -2.39. The number of ether oxygens (including phenoxy) is 1. The molecule has 3 rings (SSSR count). The van der Waals surface area contributed by atoms with Gasteiger partial charge in [0.05, 0.1) is 16.3 Å². The molecule has 1 aliphatic heterocycles. The average Bonchev–Trinajstić information content (AvgIpc) is 2.56. The van der Waals surface area contributed by atoms with Crippen molar-refractivity contribution in [2.75, 3.05) is 18.0 Å². The molecule has 7 heteroatoms. The van der Waals surface area contributed by atoms with Gasteiger partial charge in [-0.3, -0.25) is 0 Å². The Morgan fingerprint density at radius 2 is 1.85 bits per heavy atom. The van der Waals surface area contributed by atoms with E-state index in [1.54, 1.807) is 0 Å². The van der Waals surface area contributed by atoms with Gasteiger partial charge in [-0.2, -0.15) is 18.4 Å². The highest BCUT2D eigenvalue weighted by Crippen LogP contribution is 2.44. The molecular formula is C19H16ClF3N2O. The summed E-state index contributed by atoms with van der Waals surface area (Å²) in [7, 11) is 0. The van der Waals surface area contributed by atoms with Gasteiger partial charge in [-0.15, -0.1) is 0 Å². The molecule has 0 aromatic heterocycles. The second kappa shape index (κ2) is 7.08. The van der Waals surface area contributed by atoms with Crippen LogP contribution in [-0.4, -0.2) is 25.4 Å². The van der Waals surface area contributed by atoms with E-state index in [2.05, 4.69) is 0 Å². The molecule has 2 aromatic rings. The highest BCUT2D eigenvalue weighted by molar-refractivity contribution is 6.34. The normalized spacial score (nSPS) is 15.9. The molecule has 136 valence electrons. The third kappa shape index (κ3) is 3.58. The molecule has 1 heterocycles. The van der Waals surface area contributed by atoms with Crippen molar-refractivity contribution < 1.29 is 17.9 Å². The number of alkyl halides is 3. The topological polar surface area (TPSA) is 36.3 Å². The molecule has 1 atom stereocenters. The van der Waals surface area contributed by atoms with Gasteiger partial charge in [0.1, 0.15) is 11.8 Å². The highest BCUT2D eigenvalue weighted by atomic mass is 35.5. The van der Waals surface area contributed by atoms with Crippen LogP contribution in [0.2, 0.25) is 5.02 Å². The van der Waals surface area contributed by atoms with Crippen LogP contribution in [0.15, 0.2) is 42.5 Å². The van der Waals surface area contributed by atoms with Crippen molar-refractivity contribution in [3.05, 3.63) is 58.6 Å². The minimum Gasteiger partial charge on any atom is -0.479 e. The lowest BCUT2D eigenvalue weighted by molar-refractivity contribution is -0.189. The van der Waals surface area contributed by atoms with Gasteiger partial charge in [-0.05, 0) is 24.6 Å². The Labute approximate surface area is 154 Å². The van der Waals surface area contributed by atoms with Gasteiger partial charge in [-0.25, -0.2) is 0 Å². The molecule has 1 saturated heterocycles. The number of nitrogens with zero attached hydrogens (tertiary/aromatic N) is 2. The molecule has 0 amide bonds. The summed E-state index contributed by atoms with van der Waals surface area (Å²) in [5.74, 6) is 0.288. The summed E-state index contributed by atoms with van der Waals surface area (Å²) in [6.45, 7) is 2.13. The molecule has 0 saturated carbocycles. The average molecular weight is 381 g/mol. The van der Waals surface area contributed by atoms with E-state index in [-0.39, 0.29) is 22.3 Å². The van der Waals surface area contributed by atoms with Crippen molar-refractivity contribution in [3.8, 4) is 11.8 Å². The Balaban J connectivity index is 1.87.